The Hall–Kier alpha value is -3.03. The molecule has 1 fully saturated rings. The average molecular weight is 401 g/mol. The van der Waals surface area contributed by atoms with Gasteiger partial charge in [0.15, 0.2) is 17.8 Å². The summed E-state index contributed by atoms with van der Waals surface area (Å²) in [6.45, 7) is 9.19. The van der Waals surface area contributed by atoms with Gasteiger partial charge in [-0.25, -0.2) is 14.6 Å². The molecule has 1 aromatic heterocycles. The maximum Gasteiger partial charge on any atom is 0.409 e. The number of amides is 1. The molecule has 0 unspecified atom stereocenters. The quantitative estimate of drug-likeness (QED) is 0.686. The first-order valence-corrected chi connectivity index (χ1v) is 9.87. The van der Waals surface area contributed by atoms with Crippen molar-refractivity contribution < 1.29 is 23.5 Å². The Morgan fingerprint density at radius 3 is 2.41 bits per heavy atom. The number of ether oxygens (including phenoxy) is 2. The van der Waals surface area contributed by atoms with Crippen LogP contribution in [0.3, 0.4) is 0 Å². The van der Waals surface area contributed by atoms with Gasteiger partial charge in [0.1, 0.15) is 0 Å². The third-order valence-electron chi connectivity index (χ3n) is 4.61. The van der Waals surface area contributed by atoms with E-state index in [0.29, 0.717) is 31.4 Å². The number of hydrogen-bond donors (Lipinski definition) is 0. The number of nitrogens with zero attached hydrogens (tertiary/aromatic N) is 3. The molecule has 8 heteroatoms. The molecule has 1 amide bonds. The Balaban J connectivity index is 1.60. The zero-order valence-corrected chi connectivity index (χ0v) is 17.1. The summed E-state index contributed by atoms with van der Waals surface area (Å²) in [5.74, 6) is 0.223. The van der Waals surface area contributed by atoms with E-state index in [0.717, 1.165) is 24.3 Å². The number of anilines is 1. The molecule has 29 heavy (non-hydrogen) atoms. The van der Waals surface area contributed by atoms with E-state index < -0.39 is 5.97 Å². The molecule has 0 aliphatic carbocycles. The van der Waals surface area contributed by atoms with Crippen molar-refractivity contribution in [2.45, 2.75) is 20.8 Å². The minimum Gasteiger partial charge on any atom is -0.461 e. The Bertz CT molecular complexity index is 823. The highest BCUT2D eigenvalue weighted by Gasteiger charge is 2.23. The highest BCUT2D eigenvalue weighted by molar-refractivity contribution is 5.93. The summed E-state index contributed by atoms with van der Waals surface area (Å²) in [5.41, 5.74) is 1.97. The van der Waals surface area contributed by atoms with Crippen molar-refractivity contribution in [1.82, 2.24) is 9.88 Å². The van der Waals surface area contributed by atoms with Gasteiger partial charge in [-0.3, -0.25) is 0 Å². The van der Waals surface area contributed by atoms with Gasteiger partial charge in [0.25, 0.3) is 0 Å². The Morgan fingerprint density at radius 2 is 1.79 bits per heavy atom. The third kappa shape index (κ3) is 5.07. The Morgan fingerprint density at radius 1 is 1.10 bits per heavy atom. The van der Waals surface area contributed by atoms with Gasteiger partial charge < -0.3 is 23.7 Å². The number of esters is 1. The summed E-state index contributed by atoms with van der Waals surface area (Å²) < 4.78 is 15.7. The van der Waals surface area contributed by atoms with Crippen LogP contribution in [-0.4, -0.2) is 61.3 Å². The van der Waals surface area contributed by atoms with Crippen LogP contribution >= 0.6 is 0 Å². The fourth-order valence-corrected chi connectivity index (χ4v) is 3.10. The fourth-order valence-electron chi connectivity index (χ4n) is 3.10. The van der Waals surface area contributed by atoms with Gasteiger partial charge in [0.2, 0.25) is 0 Å². The maximum atomic E-state index is 12.1. The van der Waals surface area contributed by atoms with Gasteiger partial charge >= 0.3 is 12.1 Å². The highest BCUT2D eigenvalue weighted by atomic mass is 16.6. The van der Waals surface area contributed by atoms with E-state index in [1.54, 1.807) is 11.8 Å². The monoisotopic (exact) mass is 401 g/mol. The SMILES string of the molecule is CCOC(=O)c1ncoc1-c1ccc(N2CCN(C(=O)OCC(C)C)CC2)cc1. The van der Waals surface area contributed by atoms with Crippen molar-refractivity contribution in [3.8, 4) is 11.3 Å². The van der Waals surface area contributed by atoms with Gasteiger partial charge in [-0.2, -0.15) is 0 Å². The van der Waals surface area contributed by atoms with Gasteiger partial charge in [0, 0.05) is 37.4 Å². The van der Waals surface area contributed by atoms with Crippen molar-refractivity contribution >= 4 is 17.7 Å². The predicted molar refractivity (Wildman–Crippen MR) is 108 cm³/mol. The van der Waals surface area contributed by atoms with Gasteiger partial charge in [0.05, 0.1) is 13.2 Å². The lowest BCUT2D eigenvalue weighted by atomic mass is 10.1. The lowest BCUT2D eigenvalue weighted by Gasteiger charge is -2.35. The first kappa shape index (κ1) is 20.7. The molecule has 0 saturated carbocycles. The highest BCUT2D eigenvalue weighted by Crippen LogP contribution is 2.27. The van der Waals surface area contributed by atoms with Crippen LogP contribution < -0.4 is 4.90 Å². The summed E-state index contributed by atoms with van der Waals surface area (Å²) in [6, 6.07) is 7.72. The molecule has 0 spiro atoms. The molecule has 0 radical (unpaired) electrons. The smallest absolute Gasteiger partial charge is 0.409 e. The molecule has 156 valence electrons. The van der Waals surface area contributed by atoms with Crippen LogP contribution in [0.4, 0.5) is 10.5 Å². The van der Waals surface area contributed by atoms with Crippen LogP contribution in [0.25, 0.3) is 11.3 Å². The van der Waals surface area contributed by atoms with Crippen molar-refractivity contribution in [3.63, 3.8) is 0 Å². The Kier molecular flexibility index (Phi) is 6.74. The van der Waals surface area contributed by atoms with E-state index in [9.17, 15) is 9.59 Å². The topological polar surface area (TPSA) is 85.1 Å². The summed E-state index contributed by atoms with van der Waals surface area (Å²) in [7, 11) is 0. The number of carbonyl (C=O) groups is 2. The number of carbonyl (C=O) groups excluding carboxylic acids is 2. The van der Waals surface area contributed by atoms with Crippen molar-refractivity contribution in [2.24, 2.45) is 5.92 Å². The zero-order chi connectivity index (χ0) is 20.8. The number of hydrogen-bond acceptors (Lipinski definition) is 7. The normalized spacial score (nSPS) is 14.2. The van der Waals surface area contributed by atoms with E-state index in [-0.39, 0.29) is 18.4 Å². The summed E-state index contributed by atoms with van der Waals surface area (Å²) in [4.78, 5) is 32.0. The van der Waals surface area contributed by atoms with Crippen LogP contribution in [0.2, 0.25) is 0 Å². The zero-order valence-electron chi connectivity index (χ0n) is 17.1. The minimum atomic E-state index is -0.499. The molecule has 1 aromatic carbocycles. The second-order valence-electron chi connectivity index (χ2n) is 7.24. The van der Waals surface area contributed by atoms with Crippen LogP contribution in [0.1, 0.15) is 31.3 Å². The predicted octanol–water partition coefficient (Wildman–Crippen LogP) is 3.43. The lowest BCUT2D eigenvalue weighted by molar-refractivity contribution is 0.0520. The van der Waals surface area contributed by atoms with E-state index >= 15 is 0 Å². The maximum absolute atomic E-state index is 12.1. The van der Waals surface area contributed by atoms with E-state index in [1.165, 1.54) is 6.39 Å². The first-order chi connectivity index (χ1) is 14.0. The summed E-state index contributed by atoms with van der Waals surface area (Å²) in [5, 5.41) is 0. The summed E-state index contributed by atoms with van der Waals surface area (Å²) >= 11 is 0. The van der Waals surface area contributed by atoms with Crippen LogP contribution in [-0.2, 0) is 9.47 Å². The number of rotatable bonds is 6. The van der Waals surface area contributed by atoms with Crippen molar-refractivity contribution in [3.05, 3.63) is 36.4 Å². The van der Waals surface area contributed by atoms with Crippen molar-refractivity contribution in [2.75, 3.05) is 44.3 Å². The molecule has 1 aliphatic heterocycles. The molecule has 8 nitrogen and oxygen atoms in total. The minimum absolute atomic E-state index is 0.174. The molecule has 0 bridgehead atoms. The number of benzene rings is 1. The van der Waals surface area contributed by atoms with Gasteiger partial charge in [-0.05, 0) is 37.1 Å². The van der Waals surface area contributed by atoms with Gasteiger partial charge in [-0.15, -0.1) is 0 Å². The molecular formula is C21H27N3O5. The lowest BCUT2D eigenvalue weighted by Crippen LogP contribution is -2.49. The first-order valence-electron chi connectivity index (χ1n) is 9.87. The standard InChI is InChI=1S/C21H27N3O5/c1-4-27-20(25)18-19(29-14-22-18)16-5-7-17(8-6-16)23-9-11-24(12-10-23)21(26)28-13-15(2)3/h5-8,14-15H,4,9-13H2,1-3H3. The van der Waals surface area contributed by atoms with Crippen molar-refractivity contribution in [1.29, 1.82) is 0 Å². The second kappa shape index (κ2) is 9.45. The van der Waals surface area contributed by atoms with E-state index in [4.69, 9.17) is 13.9 Å². The molecule has 1 saturated heterocycles. The molecule has 0 atom stereocenters. The average Bonchev–Trinajstić information content (AvgIpc) is 3.22. The number of aromatic nitrogens is 1. The second-order valence-corrected chi connectivity index (χ2v) is 7.24. The fraction of sp³-hybridized carbons (Fsp3) is 0.476. The van der Waals surface area contributed by atoms with Gasteiger partial charge in [-0.1, -0.05) is 13.8 Å². The van der Waals surface area contributed by atoms with Crippen LogP contribution in [0.15, 0.2) is 35.1 Å². The molecular weight excluding hydrogens is 374 g/mol. The molecule has 0 N–H and O–H groups in total. The van der Waals surface area contributed by atoms with Crippen LogP contribution in [0, 0.1) is 5.92 Å². The summed E-state index contributed by atoms with van der Waals surface area (Å²) in [6.07, 6.45) is 0.998. The molecule has 2 heterocycles. The Labute approximate surface area is 170 Å². The molecule has 1 aliphatic rings. The third-order valence-corrected chi connectivity index (χ3v) is 4.61. The van der Waals surface area contributed by atoms with E-state index in [2.05, 4.69) is 9.88 Å². The molecule has 3 rings (SSSR count). The number of piperazine rings is 1. The van der Waals surface area contributed by atoms with E-state index in [1.807, 2.05) is 38.1 Å². The molecule has 2 aromatic rings. The largest absolute Gasteiger partial charge is 0.461 e. The number of oxazole rings is 1. The van der Waals surface area contributed by atoms with Crippen LogP contribution in [0.5, 0.6) is 0 Å².